The van der Waals surface area contributed by atoms with Crippen LogP contribution in [0.2, 0.25) is 0 Å². The Morgan fingerprint density at radius 3 is 2.75 bits per heavy atom. The fourth-order valence-electron chi connectivity index (χ4n) is 1.84. The van der Waals surface area contributed by atoms with E-state index in [0.717, 1.165) is 12.8 Å². The standard InChI is InChI=1S/C13H12N4O3/c14-11-7-12(16-13(15-11)8-5-6-8)20-10-4-2-1-3-9(10)17(18)19/h1-4,7-8H,5-6H2,(H2,14,15,16). The second-order valence-electron chi connectivity index (χ2n) is 4.59. The molecule has 2 aromatic rings. The third-order valence-electron chi connectivity index (χ3n) is 2.96. The van der Waals surface area contributed by atoms with E-state index in [9.17, 15) is 10.1 Å². The molecule has 0 unspecified atom stereocenters. The molecule has 1 aliphatic rings. The molecule has 0 radical (unpaired) electrons. The van der Waals surface area contributed by atoms with Crippen LogP contribution >= 0.6 is 0 Å². The SMILES string of the molecule is Nc1cc(Oc2ccccc2[N+](=O)[O-])nc(C2CC2)n1. The lowest BCUT2D eigenvalue weighted by atomic mass is 10.3. The van der Waals surface area contributed by atoms with E-state index in [1.165, 1.54) is 18.2 Å². The predicted octanol–water partition coefficient (Wildman–Crippen LogP) is 2.64. The summed E-state index contributed by atoms with van der Waals surface area (Å²) in [6.45, 7) is 0. The van der Waals surface area contributed by atoms with Crippen LogP contribution in [0.1, 0.15) is 24.6 Å². The lowest BCUT2D eigenvalue weighted by Gasteiger charge is -2.07. The zero-order valence-electron chi connectivity index (χ0n) is 10.5. The van der Waals surface area contributed by atoms with E-state index >= 15 is 0 Å². The molecule has 1 aromatic heterocycles. The van der Waals surface area contributed by atoms with Crippen molar-refractivity contribution in [2.45, 2.75) is 18.8 Å². The van der Waals surface area contributed by atoms with Crippen molar-refractivity contribution in [3.05, 3.63) is 46.3 Å². The van der Waals surface area contributed by atoms with Gasteiger partial charge >= 0.3 is 5.69 Å². The van der Waals surface area contributed by atoms with Crippen LogP contribution in [0.5, 0.6) is 11.6 Å². The Balaban J connectivity index is 1.93. The number of nitrogens with two attached hydrogens (primary N) is 1. The molecule has 7 heteroatoms. The minimum Gasteiger partial charge on any atom is -0.432 e. The van der Waals surface area contributed by atoms with E-state index in [4.69, 9.17) is 10.5 Å². The molecule has 0 aliphatic heterocycles. The van der Waals surface area contributed by atoms with Crippen LogP contribution in [0.15, 0.2) is 30.3 Å². The number of nitrogens with zero attached hydrogens (tertiary/aromatic N) is 3. The van der Waals surface area contributed by atoms with Gasteiger partial charge in [-0.3, -0.25) is 10.1 Å². The minimum atomic E-state index is -0.498. The molecule has 1 aliphatic carbocycles. The second kappa shape index (κ2) is 4.76. The Morgan fingerprint density at radius 1 is 1.30 bits per heavy atom. The molecule has 3 rings (SSSR count). The summed E-state index contributed by atoms with van der Waals surface area (Å²) in [4.78, 5) is 18.8. The highest BCUT2D eigenvalue weighted by Gasteiger charge is 2.27. The van der Waals surface area contributed by atoms with E-state index < -0.39 is 4.92 Å². The van der Waals surface area contributed by atoms with Crippen molar-refractivity contribution in [2.75, 3.05) is 5.73 Å². The molecular weight excluding hydrogens is 260 g/mol. The van der Waals surface area contributed by atoms with Crippen molar-refractivity contribution in [3.63, 3.8) is 0 Å². The molecule has 0 atom stereocenters. The summed E-state index contributed by atoms with van der Waals surface area (Å²) >= 11 is 0. The first-order valence-corrected chi connectivity index (χ1v) is 6.19. The van der Waals surface area contributed by atoms with Crippen LogP contribution in [-0.2, 0) is 0 Å². The van der Waals surface area contributed by atoms with Crippen LogP contribution in [0.25, 0.3) is 0 Å². The van der Waals surface area contributed by atoms with Crippen molar-refractivity contribution in [2.24, 2.45) is 0 Å². The highest BCUT2D eigenvalue weighted by atomic mass is 16.6. The zero-order chi connectivity index (χ0) is 14.1. The van der Waals surface area contributed by atoms with Gasteiger partial charge in [0, 0.05) is 18.1 Å². The van der Waals surface area contributed by atoms with Gasteiger partial charge in [0.05, 0.1) is 4.92 Å². The number of ether oxygens (including phenoxy) is 1. The van der Waals surface area contributed by atoms with E-state index in [1.54, 1.807) is 12.1 Å². The molecule has 2 N–H and O–H groups in total. The molecule has 0 bridgehead atoms. The topological polar surface area (TPSA) is 104 Å². The number of aromatic nitrogens is 2. The molecule has 102 valence electrons. The molecular formula is C13H12N4O3. The normalized spacial score (nSPS) is 14.0. The third kappa shape index (κ3) is 2.51. The maximum Gasteiger partial charge on any atom is 0.311 e. The van der Waals surface area contributed by atoms with Gasteiger partial charge in [0.1, 0.15) is 11.6 Å². The molecule has 0 amide bonds. The lowest BCUT2D eigenvalue weighted by molar-refractivity contribution is -0.385. The largest absolute Gasteiger partial charge is 0.432 e. The van der Waals surface area contributed by atoms with Gasteiger partial charge in [0.15, 0.2) is 0 Å². The number of nitrogen functional groups attached to an aromatic ring is 1. The summed E-state index contributed by atoms with van der Waals surface area (Å²) in [5.41, 5.74) is 5.60. The molecule has 1 fully saturated rings. The lowest BCUT2D eigenvalue weighted by Crippen LogP contribution is -2.01. The number of rotatable bonds is 4. The molecule has 7 nitrogen and oxygen atoms in total. The maximum absolute atomic E-state index is 10.9. The number of benzene rings is 1. The van der Waals surface area contributed by atoms with E-state index in [1.807, 2.05) is 0 Å². The summed E-state index contributed by atoms with van der Waals surface area (Å²) in [7, 11) is 0. The molecule has 0 saturated heterocycles. The van der Waals surface area contributed by atoms with Crippen molar-refractivity contribution >= 4 is 11.5 Å². The summed E-state index contributed by atoms with van der Waals surface area (Å²) in [5.74, 6) is 1.63. The van der Waals surface area contributed by atoms with Crippen LogP contribution in [0.4, 0.5) is 11.5 Å². The fourth-order valence-corrected chi connectivity index (χ4v) is 1.84. The Morgan fingerprint density at radius 2 is 2.05 bits per heavy atom. The average Bonchev–Trinajstić information content (AvgIpc) is 3.22. The van der Waals surface area contributed by atoms with Crippen molar-refractivity contribution in [3.8, 4) is 11.6 Å². The van der Waals surface area contributed by atoms with Gasteiger partial charge in [-0.05, 0) is 18.9 Å². The Kier molecular flexibility index (Phi) is 2.94. The van der Waals surface area contributed by atoms with Crippen molar-refractivity contribution < 1.29 is 9.66 Å². The first-order chi connectivity index (χ1) is 9.63. The van der Waals surface area contributed by atoms with Gasteiger partial charge in [0.2, 0.25) is 11.6 Å². The van der Waals surface area contributed by atoms with Crippen molar-refractivity contribution in [1.82, 2.24) is 9.97 Å². The van der Waals surface area contributed by atoms with Gasteiger partial charge in [0.25, 0.3) is 0 Å². The molecule has 1 saturated carbocycles. The number of nitro groups is 1. The Hall–Kier alpha value is -2.70. The summed E-state index contributed by atoms with van der Waals surface area (Å²) < 4.78 is 5.50. The Labute approximate surface area is 114 Å². The van der Waals surface area contributed by atoms with Gasteiger partial charge in [-0.25, -0.2) is 4.98 Å². The highest BCUT2D eigenvalue weighted by Crippen LogP contribution is 2.39. The number of hydrogen-bond acceptors (Lipinski definition) is 6. The summed E-state index contributed by atoms with van der Waals surface area (Å²) in [6.07, 6.45) is 2.07. The smallest absolute Gasteiger partial charge is 0.311 e. The first kappa shape index (κ1) is 12.3. The number of anilines is 1. The van der Waals surface area contributed by atoms with Crippen LogP contribution in [-0.4, -0.2) is 14.9 Å². The van der Waals surface area contributed by atoms with E-state index in [2.05, 4.69) is 9.97 Å². The van der Waals surface area contributed by atoms with Gasteiger partial charge in [-0.15, -0.1) is 0 Å². The van der Waals surface area contributed by atoms with Crippen molar-refractivity contribution in [1.29, 1.82) is 0 Å². The number of para-hydroxylation sites is 2. The van der Waals surface area contributed by atoms with Crippen LogP contribution in [0.3, 0.4) is 0 Å². The summed E-state index contributed by atoms with van der Waals surface area (Å²) in [5, 5.41) is 10.9. The van der Waals surface area contributed by atoms with Gasteiger partial charge in [-0.1, -0.05) is 12.1 Å². The predicted molar refractivity (Wildman–Crippen MR) is 71.6 cm³/mol. The summed E-state index contributed by atoms with van der Waals surface area (Å²) in [6, 6.07) is 7.60. The van der Waals surface area contributed by atoms with Gasteiger partial charge in [-0.2, -0.15) is 4.98 Å². The molecule has 1 aromatic carbocycles. The zero-order valence-corrected chi connectivity index (χ0v) is 10.5. The maximum atomic E-state index is 10.9. The molecule has 1 heterocycles. The average molecular weight is 272 g/mol. The minimum absolute atomic E-state index is 0.113. The Bertz CT molecular complexity index is 670. The number of nitro benzene ring substituents is 1. The third-order valence-corrected chi connectivity index (χ3v) is 2.96. The van der Waals surface area contributed by atoms with Crippen LogP contribution < -0.4 is 10.5 Å². The monoisotopic (exact) mass is 272 g/mol. The quantitative estimate of drug-likeness (QED) is 0.677. The van der Waals surface area contributed by atoms with E-state index in [-0.39, 0.29) is 17.3 Å². The fraction of sp³-hybridized carbons (Fsp3) is 0.231. The molecule has 0 spiro atoms. The van der Waals surface area contributed by atoms with E-state index in [0.29, 0.717) is 17.6 Å². The van der Waals surface area contributed by atoms with Gasteiger partial charge < -0.3 is 10.5 Å². The highest BCUT2D eigenvalue weighted by molar-refractivity contribution is 5.48. The second-order valence-corrected chi connectivity index (χ2v) is 4.59. The molecule has 20 heavy (non-hydrogen) atoms. The van der Waals surface area contributed by atoms with Crippen LogP contribution in [0, 0.1) is 10.1 Å². The number of hydrogen-bond donors (Lipinski definition) is 1. The first-order valence-electron chi connectivity index (χ1n) is 6.19.